The minimum Gasteiger partial charge on any atom is -0.463 e. The molecule has 0 radical (unpaired) electrons. The molecule has 1 fully saturated rings. The van der Waals surface area contributed by atoms with Crippen LogP contribution in [-0.2, 0) is 9.53 Å². The fourth-order valence-corrected chi connectivity index (χ4v) is 2.39. The van der Waals surface area contributed by atoms with Crippen molar-refractivity contribution < 1.29 is 9.53 Å². The molecule has 0 unspecified atom stereocenters. The molecule has 0 saturated carbocycles. The number of unbranched alkanes of at least 4 members (excludes halogenated alkanes) is 4. The second-order valence-electron chi connectivity index (χ2n) is 4.95. The molecule has 1 rings (SSSR count). The summed E-state index contributed by atoms with van der Waals surface area (Å²) in [5.74, 6) is -0.127. The average molecular weight is 265 g/mol. The number of esters is 1. The van der Waals surface area contributed by atoms with E-state index in [1.807, 2.05) is 13.0 Å². The van der Waals surface area contributed by atoms with E-state index in [1.54, 1.807) is 0 Å². The number of allylic oxidation sites excluding steroid dienone is 2. The van der Waals surface area contributed by atoms with Crippen LogP contribution >= 0.6 is 0 Å². The van der Waals surface area contributed by atoms with Crippen molar-refractivity contribution >= 4 is 5.97 Å². The molecular formula is C16H27NO2. The first kappa shape index (κ1) is 15.8. The zero-order valence-electron chi connectivity index (χ0n) is 12.2. The molecule has 0 bridgehead atoms. The van der Waals surface area contributed by atoms with Gasteiger partial charge in [0.2, 0.25) is 0 Å². The predicted molar refractivity (Wildman–Crippen MR) is 78.8 cm³/mol. The van der Waals surface area contributed by atoms with Gasteiger partial charge < -0.3 is 10.1 Å². The zero-order chi connectivity index (χ0) is 13.9. The molecule has 0 aromatic heterocycles. The van der Waals surface area contributed by atoms with Crippen molar-refractivity contribution in [3.8, 4) is 0 Å². The number of nitrogens with one attached hydrogen (secondary N) is 1. The van der Waals surface area contributed by atoms with Crippen molar-refractivity contribution in [1.82, 2.24) is 5.32 Å². The predicted octanol–water partition coefficient (Wildman–Crippen LogP) is 3.71. The quantitative estimate of drug-likeness (QED) is 0.299. The lowest BCUT2D eigenvalue weighted by atomic mass is 10.0. The largest absolute Gasteiger partial charge is 0.463 e. The van der Waals surface area contributed by atoms with Gasteiger partial charge in [-0.1, -0.05) is 18.9 Å². The molecule has 1 heterocycles. The van der Waals surface area contributed by atoms with Gasteiger partial charge in [0.1, 0.15) is 0 Å². The van der Waals surface area contributed by atoms with Crippen molar-refractivity contribution in [2.24, 2.45) is 0 Å². The molecule has 0 aromatic carbocycles. The monoisotopic (exact) mass is 265 g/mol. The zero-order valence-corrected chi connectivity index (χ0v) is 12.2. The fourth-order valence-electron chi connectivity index (χ4n) is 2.39. The molecule has 0 atom stereocenters. The molecule has 1 aliphatic heterocycles. The van der Waals surface area contributed by atoms with Crippen molar-refractivity contribution in [3.05, 3.63) is 23.9 Å². The molecule has 0 aliphatic carbocycles. The van der Waals surface area contributed by atoms with Crippen molar-refractivity contribution in [2.45, 2.75) is 58.3 Å². The van der Waals surface area contributed by atoms with Crippen molar-refractivity contribution in [3.63, 3.8) is 0 Å². The summed E-state index contributed by atoms with van der Waals surface area (Å²) >= 11 is 0. The lowest BCUT2D eigenvalue weighted by Gasteiger charge is -2.11. The lowest BCUT2D eigenvalue weighted by Crippen LogP contribution is -2.15. The molecule has 1 saturated heterocycles. The second kappa shape index (κ2) is 9.65. The maximum atomic E-state index is 12.0. The highest BCUT2D eigenvalue weighted by atomic mass is 16.5. The molecule has 1 aliphatic rings. The topological polar surface area (TPSA) is 38.3 Å². The number of rotatable bonds is 9. The molecule has 3 heteroatoms. The third-order valence-electron chi connectivity index (χ3n) is 3.41. The number of hydrogen-bond donors (Lipinski definition) is 1. The van der Waals surface area contributed by atoms with E-state index in [4.69, 9.17) is 4.74 Å². The van der Waals surface area contributed by atoms with Crippen molar-refractivity contribution in [2.75, 3.05) is 13.2 Å². The average Bonchev–Trinajstić information content (AvgIpc) is 2.92. The van der Waals surface area contributed by atoms with Gasteiger partial charge in [-0.05, 0) is 45.4 Å². The summed E-state index contributed by atoms with van der Waals surface area (Å²) < 4.78 is 5.16. The van der Waals surface area contributed by atoms with Gasteiger partial charge in [0.15, 0.2) is 0 Å². The Morgan fingerprint density at radius 2 is 2.16 bits per heavy atom. The van der Waals surface area contributed by atoms with Crippen LogP contribution in [0.25, 0.3) is 0 Å². The minimum absolute atomic E-state index is 0.127. The Bertz CT molecular complexity index is 313. The van der Waals surface area contributed by atoms with Crippen LogP contribution in [0.2, 0.25) is 0 Å². The second-order valence-corrected chi connectivity index (χ2v) is 4.95. The summed E-state index contributed by atoms with van der Waals surface area (Å²) in [5, 5.41) is 3.32. The highest BCUT2D eigenvalue weighted by Crippen LogP contribution is 2.21. The SMILES string of the molecule is C=CCCCCCC/C(C(=O)OCC)=C1/CCCN1. The first-order valence-electron chi connectivity index (χ1n) is 7.53. The molecule has 108 valence electrons. The van der Waals surface area contributed by atoms with Crippen LogP contribution in [-0.4, -0.2) is 19.1 Å². The van der Waals surface area contributed by atoms with E-state index in [-0.39, 0.29) is 5.97 Å². The Balaban J connectivity index is 2.40. The van der Waals surface area contributed by atoms with E-state index in [9.17, 15) is 4.79 Å². The standard InChI is InChI=1S/C16H27NO2/c1-3-5-6-7-8-9-11-14(16(18)19-4-2)15-12-10-13-17-15/h3,17H,1,4-13H2,2H3/b15-14+. The van der Waals surface area contributed by atoms with Gasteiger partial charge in [0.05, 0.1) is 12.2 Å². The molecule has 3 nitrogen and oxygen atoms in total. The van der Waals surface area contributed by atoms with Crippen molar-refractivity contribution in [1.29, 1.82) is 0 Å². The Kier molecular flexibility index (Phi) is 8.03. The van der Waals surface area contributed by atoms with Gasteiger partial charge in [0, 0.05) is 12.2 Å². The van der Waals surface area contributed by atoms with E-state index in [1.165, 1.54) is 19.3 Å². The third-order valence-corrected chi connectivity index (χ3v) is 3.41. The van der Waals surface area contributed by atoms with Crippen LogP contribution in [0.4, 0.5) is 0 Å². The van der Waals surface area contributed by atoms with Crippen LogP contribution in [0.3, 0.4) is 0 Å². The van der Waals surface area contributed by atoms with E-state index in [0.717, 1.165) is 49.9 Å². The van der Waals surface area contributed by atoms with E-state index >= 15 is 0 Å². The van der Waals surface area contributed by atoms with Gasteiger partial charge in [-0.15, -0.1) is 6.58 Å². The van der Waals surface area contributed by atoms with Gasteiger partial charge in [0.25, 0.3) is 0 Å². The summed E-state index contributed by atoms with van der Waals surface area (Å²) in [6.07, 6.45) is 10.7. The lowest BCUT2D eigenvalue weighted by molar-refractivity contribution is -0.138. The van der Waals surface area contributed by atoms with Gasteiger partial charge in [-0.3, -0.25) is 0 Å². The summed E-state index contributed by atoms with van der Waals surface area (Å²) in [6, 6.07) is 0. The number of ether oxygens (including phenoxy) is 1. The maximum Gasteiger partial charge on any atom is 0.335 e. The Morgan fingerprint density at radius 3 is 2.79 bits per heavy atom. The Morgan fingerprint density at radius 1 is 1.37 bits per heavy atom. The van der Waals surface area contributed by atoms with Crippen LogP contribution in [0, 0.1) is 0 Å². The molecular weight excluding hydrogens is 238 g/mol. The summed E-state index contributed by atoms with van der Waals surface area (Å²) in [6.45, 7) is 7.02. The van der Waals surface area contributed by atoms with Crippen LogP contribution in [0.1, 0.15) is 58.3 Å². The first-order valence-corrected chi connectivity index (χ1v) is 7.53. The number of carbonyl (C=O) groups excluding carboxylic acids is 1. The summed E-state index contributed by atoms with van der Waals surface area (Å²) in [4.78, 5) is 12.0. The number of carbonyl (C=O) groups is 1. The highest BCUT2D eigenvalue weighted by molar-refractivity contribution is 5.89. The van der Waals surface area contributed by atoms with Gasteiger partial charge in [-0.2, -0.15) is 0 Å². The van der Waals surface area contributed by atoms with E-state index in [0.29, 0.717) is 6.61 Å². The van der Waals surface area contributed by atoms with Gasteiger partial charge in [-0.25, -0.2) is 4.79 Å². The third kappa shape index (κ3) is 5.95. The first-order chi connectivity index (χ1) is 9.29. The van der Waals surface area contributed by atoms with E-state index < -0.39 is 0 Å². The van der Waals surface area contributed by atoms with E-state index in [2.05, 4.69) is 11.9 Å². The maximum absolute atomic E-state index is 12.0. The minimum atomic E-state index is -0.127. The molecule has 0 aromatic rings. The Labute approximate surface area is 117 Å². The molecule has 1 N–H and O–H groups in total. The number of hydrogen-bond acceptors (Lipinski definition) is 3. The molecule has 0 spiro atoms. The highest BCUT2D eigenvalue weighted by Gasteiger charge is 2.18. The smallest absolute Gasteiger partial charge is 0.335 e. The van der Waals surface area contributed by atoms with Crippen LogP contribution in [0.5, 0.6) is 0 Å². The van der Waals surface area contributed by atoms with Gasteiger partial charge >= 0.3 is 5.97 Å². The molecule has 0 amide bonds. The van der Waals surface area contributed by atoms with Crippen LogP contribution < -0.4 is 5.32 Å². The summed E-state index contributed by atoms with van der Waals surface area (Å²) in [5.41, 5.74) is 1.99. The Hall–Kier alpha value is -1.25. The van der Waals surface area contributed by atoms with Crippen LogP contribution in [0.15, 0.2) is 23.9 Å². The molecule has 19 heavy (non-hydrogen) atoms. The normalized spacial score (nSPS) is 16.9. The fraction of sp³-hybridized carbons (Fsp3) is 0.688. The summed E-state index contributed by atoms with van der Waals surface area (Å²) in [7, 11) is 0.